The van der Waals surface area contributed by atoms with Gasteiger partial charge in [-0.25, -0.2) is 0 Å². The fourth-order valence-electron chi connectivity index (χ4n) is 4.11. The summed E-state index contributed by atoms with van der Waals surface area (Å²) < 4.78 is 12.5. The average molecular weight is 477 g/mol. The number of carboxylic acids is 1. The minimum atomic E-state index is -0.761. The average Bonchev–Trinajstić information content (AvgIpc) is 3.25. The summed E-state index contributed by atoms with van der Waals surface area (Å²) in [4.78, 5) is 13.7. The highest BCUT2D eigenvalue weighted by Crippen LogP contribution is 2.43. The van der Waals surface area contributed by atoms with Crippen molar-refractivity contribution in [1.29, 1.82) is 0 Å². The lowest BCUT2D eigenvalue weighted by Gasteiger charge is -2.35. The van der Waals surface area contributed by atoms with Crippen molar-refractivity contribution in [2.24, 2.45) is 0 Å². The van der Waals surface area contributed by atoms with E-state index in [1.165, 1.54) is 20.5 Å². The molecule has 0 radical (unpaired) electrons. The highest BCUT2D eigenvalue weighted by atomic mass is 32.2. The smallest absolute Gasteiger partial charge is 0.304 e. The molecule has 0 unspecified atom stereocenters. The van der Waals surface area contributed by atoms with E-state index >= 15 is 0 Å². The van der Waals surface area contributed by atoms with Crippen LogP contribution in [0.25, 0.3) is 20.5 Å². The van der Waals surface area contributed by atoms with Crippen LogP contribution in [-0.2, 0) is 9.53 Å². The molecule has 1 saturated heterocycles. The summed E-state index contributed by atoms with van der Waals surface area (Å²) in [7, 11) is 0. The van der Waals surface area contributed by atoms with Crippen LogP contribution in [0.1, 0.15) is 19.3 Å². The van der Waals surface area contributed by atoms with E-state index in [0.717, 1.165) is 29.2 Å². The summed E-state index contributed by atoms with van der Waals surface area (Å²) in [6, 6.07) is 26.7. The summed E-state index contributed by atoms with van der Waals surface area (Å²) in [5, 5.41) is 10.6. The normalized spacial score (nSPS) is 15.4. The van der Waals surface area contributed by atoms with Gasteiger partial charge in [0.1, 0.15) is 11.5 Å². The summed E-state index contributed by atoms with van der Waals surface area (Å²) in [5.74, 6) is 0.781. The summed E-state index contributed by atoms with van der Waals surface area (Å²) >= 11 is 3.43. The zero-order valence-electron chi connectivity index (χ0n) is 18.0. The fraction of sp³-hybridized carbons (Fsp3) is 0.222. The van der Waals surface area contributed by atoms with E-state index in [9.17, 15) is 9.90 Å². The molecule has 1 fully saturated rings. The Morgan fingerprint density at radius 2 is 1.64 bits per heavy atom. The second-order valence-corrected chi connectivity index (χ2v) is 10.8. The van der Waals surface area contributed by atoms with Crippen molar-refractivity contribution >= 4 is 39.2 Å². The van der Waals surface area contributed by atoms with Gasteiger partial charge in [0.05, 0.1) is 6.42 Å². The van der Waals surface area contributed by atoms with Crippen LogP contribution in [0.2, 0.25) is 0 Å². The molecule has 1 N–H and O–H groups in total. The van der Waals surface area contributed by atoms with Crippen LogP contribution < -0.4 is 4.74 Å². The molecule has 0 spiro atoms. The fourth-order valence-corrected chi connectivity index (χ4v) is 6.51. The highest BCUT2D eigenvalue weighted by Gasteiger charge is 2.36. The van der Waals surface area contributed by atoms with Crippen LogP contribution in [-0.4, -0.2) is 29.0 Å². The van der Waals surface area contributed by atoms with Crippen LogP contribution in [0.4, 0.5) is 0 Å². The maximum atomic E-state index is 11.4. The van der Waals surface area contributed by atoms with E-state index in [1.807, 2.05) is 36.4 Å². The number of thiophene rings is 1. The largest absolute Gasteiger partial charge is 0.481 e. The van der Waals surface area contributed by atoms with Crippen molar-refractivity contribution in [2.45, 2.75) is 28.9 Å². The first kappa shape index (κ1) is 22.0. The van der Waals surface area contributed by atoms with Crippen molar-refractivity contribution in [3.8, 4) is 21.9 Å². The van der Waals surface area contributed by atoms with Crippen LogP contribution in [0, 0.1) is 0 Å². The van der Waals surface area contributed by atoms with Gasteiger partial charge in [-0.2, -0.15) is 0 Å². The van der Waals surface area contributed by atoms with Crippen molar-refractivity contribution in [1.82, 2.24) is 0 Å². The predicted molar refractivity (Wildman–Crippen MR) is 135 cm³/mol. The predicted octanol–water partition coefficient (Wildman–Crippen LogP) is 7.48. The third kappa shape index (κ3) is 5.24. The third-order valence-corrected chi connectivity index (χ3v) is 8.49. The number of carboxylic acid groups (broad SMARTS) is 1. The number of hydrogen-bond donors (Lipinski definition) is 1. The van der Waals surface area contributed by atoms with E-state index in [-0.39, 0.29) is 11.2 Å². The highest BCUT2D eigenvalue weighted by molar-refractivity contribution is 8.00. The zero-order valence-corrected chi connectivity index (χ0v) is 19.7. The molecule has 6 heteroatoms. The first-order valence-corrected chi connectivity index (χ1v) is 12.6. The van der Waals surface area contributed by atoms with Gasteiger partial charge in [-0.3, -0.25) is 4.79 Å². The van der Waals surface area contributed by atoms with Crippen LogP contribution >= 0.6 is 23.1 Å². The minimum absolute atomic E-state index is 0.144. The molecule has 0 atom stereocenters. The Kier molecular flexibility index (Phi) is 6.40. The van der Waals surface area contributed by atoms with Crippen molar-refractivity contribution in [3.63, 3.8) is 0 Å². The van der Waals surface area contributed by atoms with Gasteiger partial charge < -0.3 is 14.6 Å². The first-order chi connectivity index (χ1) is 16.1. The Bertz CT molecular complexity index is 1210. The Labute approximate surface area is 201 Å². The van der Waals surface area contributed by atoms with Gasteiger partial charge in [0, 0.05) is 32.4 Å². The molecule has 4 aromatic rings. The van der Waals surface area contributed by atoms with Gasteiger partial charge in [-0.15, -0.1) is 23.1 Å². The molecule has 4 nitrogen and oxygen atoms in total. The molecule has 33 heavy (non-hydrogen) atoms. The molecule has 1 aliphatic rings. The molecule has 0 amide bonds. The molecule has 5 rings (SSSR count). The Morgan fingerprint density at radius 1 is 0.970 bits per heavy atom. The van der Waals surface area contributed by atoms with Gasteiger partial charge in [-0.05, 0) is 84.5 Å². The third-order valence-electron chi connectivity index (χ3n) is 5.84. The standard InChI is InChI=1S/C27H24O4S2/c28-26(29)18-27(13-15-30-16-14-27)33-23-11-9-22(10-12-23)31-21-7-5-19(6-8-21)25-17-20-3-1-2-4-24(20)32-25/h1-12,17H,13-16,18H2,(H,28,29). The monoisotopic (exact) mass is 476 g/mol. The SMILES string of the molecule is O=C(O)CC1(Sc2ccc(Oc3ccc(-c4cc5ccccc5s4)cc3)cc2)CCOCC1. The van der Waals surface area contributed by atoms with Gasteiger partial charge in [-0.1, -0.05) is 18.2 Å². The molecular formula is C27H24O4S2. The van der Waals surface area contributed by atoms with Gasteiger partial charge in [0.15, 0.2) is 0 Å². The molecular weight excluding hydrogens is 452 g/mol. The Balaban J connectivity index is 1.25. The maximum absolute atomic E-state index is 11.4. The molecule has 168 valence electrons. The quantitative estimate of drug-likeness (QED) is 0.300. The topological polar surface area (TPSA) is 55.8 Å². The molecule has 0 bridgehead atoms. The van der Waals surface area contributed by atoms with E-state index < -0.39 is 5.97 Å². The zero-order chi connectivity index (χ0) is 22.7. The lowest BCUT2D eigenvalue weighted by atomic mass is 9.95. The number of benzene rings is 3. The van der Waals surface area contributed by atoms with Crippen molar-refractivity contribution < 1.29 is 19.4 Å². The van der Waals surface area contributed by atoms with Crippen LogP contribution in [0.5, 0.6) is 11.5 Å². The molecule has 2 heterocycles. The number of fused-ring (bicyclic) bond motifs is 1. The number of carbonyl (C=O) groups is 1. The molecule has 1 aliphatic heterocycles. The summed E-state index contributed by atoms with van der Waals surface area (Å²) in [6.45, 7) is 1.22. The molecule has 0 aliphatic carbocycles. The van der Waals surface area contributed by atoms with Crippen molar-refractivity contribution in [3.05, 3.63) is 78.9 Å². The van der Waals surface area contributed by atoms with Gasteiger partial charge >= 0.3 is 5.97 Å². The molecule has 1 aromatic heterocycles. The lowest BCUT2D eigenvalue weighted by Crippen LogP contribution is -2.35. The number of rotatable bonds is 7. The van der Waals surface area contributed by atoms with E-state index in [2.05, 4.69) is 42.5 Å². The summed E-state index contributed by atoms with van der Waals surface area (Å²) in [6.07, 6.45) is 1.63. The van der Waals surface area contributed by atoms with E-state index in [1.54, 1.807) is 23.1 Å². The van der Waals surface area contributed by atoms with Crippen LogP contribution in [0.3, 0.4) is 0 Å². The second-order valence-electron chi connectivity index (χ2n) is 8.21. The van der Waals surface area contributed by atoms with Crippen molar-refractivity contribution in [2.75, 3.05) is 13.2 Å². The Morgan fingerprint density at radius 3 is 2.30 bits per heavy atom. The number of thioether (sulfide) groups is 1. The summed E-state index contributed by atoms with van der Waals surface area (Å²) in [5.41, 5.74) is 1.18. The van der Waals surface area contributed by atoms with Crippen LogP contribution in [0.15, 0.2) is 83.8 Å². The van der Waals surface area contributed by atoms with Gasteiger partial charge in [0.25, 0.3) is 0 Å². The number of ether oxygens (including phenoxy) is 2. The number of aliphatic carboxylic acids is 1. The van der Waals surface area contributed by atoms with Gasteiger partial charge in [0.2, 0.25) is 0 Å². The maximum Gasteiger partial charge on any atom is 0.304 e. The second kappa shape index (κ2) is 9.59. The first-order valence-electron chi connectivity index (χ1n) is 10.9. The minimum Gasteiger partial charge on any atom is -0.481 e. The van der Waals surface area contributed by atoms with E-state index in [0.29, 0.717) is 13.2 Å². The number of hydrogen-bond acceptors (Lipinski definition) is 5. The Hall–Kier alpha value is -2.80. The lowest BCUT2D eigenvalue weighted by molar-refractivity contribution is -0.138. The molecule has 0 saturated carbocycles. The molecule has 3 aromatic carbocycles. The van der Waals surface area contributed by atoms with E-state index in [4.69, 9.17) is 9.47 Å².